The molecule has 1 aromatic heterocycles. The summed E-state index contributed by atoms with van der Waals surface area (Å²) in [6, 6.07) is 10.6. The average Bonchev–Trinajstić information content (AvgIpc) is 3.22. The number of anilines is 1. The van der Waals surface area contributed by atoms with E-state index in [2.05, 4.69) is 30.9 Å². The van der Waals surface area contributed by atoms with Gasteiger partial charge in [-0.2, -0.15) is 4.98 Å². The number of aliphatic imine (C=N–C) groups is 2. The smallest absolute Gasteiger partial charge is 0.302 e. The Morgan fingerprint density at radius 2 is 2.14 bits per heavy atom. The SMILES string of the molecule is CN=C/C(=C\N)CNC(=O)C1=C(C)NC(Nc2nc3ccc(F)cc3o2)=NC1c1ccccc1Cl. The molecule has 0 radical (unpaired) electrons. The van der Waals surface area contributed by atoms with Crippen LogP contribution in [-0.2, 0) is 4.79 Å². The number of hydrogen-bond acceptors (Lipinski definition) is 8. The number of carbonyl (C=O) groups excluding carboxylic acids is 1. The van der Waals surface area contributed by atoms with E-state index < -0.39 is 11.9 Å². The number of allylic oxidation sites excluding steroid dienone is 1. The topological polar surface area (TPSA) is 130 Å². The molecule has 1 aliphatic rings. The molecule has 9 nitrogen and oxygen atoms in total. The van der Waals surface area contributed by atoms with Gasteiger partial charge in [0.1, 0.15) is 17.4 Å². The minimum absolute atomic E-state index is 0.118. The van der Waals surface area contributed by atoms with Gasteiger partial charge in [0.25, 0.3) is 5.91 Å². The molecular weight excluding hydrogens is 473 g/mol. The Kier molecular flexibility index (Phi) is 7.11. The molecule has 0 fully saturated rings. The van der Waals surface area contributed by atoms with Gasteiger partial charge >= 0.3 is 6.01 Å². The second-order valence-corrected chi connectivity index (χ2v) is 8.04. The normalized spacial score (nSPS) is 16.4. The largest absolute Gasteiger partial charge is 0.423 e. The lowest BCUT2D eigenvalue weighted by molar-refractivity contribution is -0.117. The quantitative estimate of drug-likeness (QED) is 0.386. The van der Waals surface area contributed by atoms with E-state index in [0.717, 1.165) is 0 Å². The Balaban J connectivity index is 1.65. The van der Waals surface area contributed by atoms with Gasteiger partial charge in [-0.25, -0.2) is 9.38 Å². The van der Waals surface area contributed by atoms with Gasteiger partial charge in [-0.05, 0) is 25.1 Å². The fraction of sp³-hybridized carbons (Fsp3) is 0.167. The van der Waals surface area contributed by atoms with Crippen LogP contribution in [0.3, 0.4) is 0 Å². The number of rotatable bonds is 6. The van der Waals surface area contributed by atoms with Crippen LogP contribution in [0, 0.1) is 5.82 Å². The van der Waals surface area contributed by atoms with Crippen LogP contribution < -0.4 is 21.7 Å². The van der Waals surface area contributed by atoms with Gasteiger partial charge in [-0.15, -0.1) is 0 Å². The van der Waals surface area contributed by atoms with E-state index in [1.807, 2.05) is 6.07 Å². The lowest BCUT2D eigenvalue weighted by Gasteiger charge is -2.27. The summed E-state index contributed by atoms with van der Waals surface area (Å²) in [6.45, 7) is 1.94. The molecule has 35 heavy (non-hydrogen) atoms. The van der Waals surface area contributed by atoms with Crippen molar-refractivity contribution in [1.82, 2.24) is 15.6 Å². The Morgan fingerprint density at radius 3 is 2.89 bits per heavy atom. The molecule has 11 heteroatoms. The van der Waals surface area contributed by atoms with Crippen LogP contribution in [-0.4, -0.2) is 36.7 Å². The third-order valence-corrected chi connectivity index (χ3v) is 5.57. The summed E-state index contributed by atoms with van der Waals surface area (Å²) in [7, 11) is 1.62. The van der Waals surface area contributed by atoms with Crippen molar-refractivity contribution in [3.63, 3.8) is 0 Å². The molecule has 1 atom stereocenters. The number of oxazole rings is 1. The molecule has 1 amide bonds. The van der Waals surface area contributed by atoms with Gasteiger partial charge in [0.05, 0.1) is 5.57 Å². The van der Waals surface area contributed by atoms with E-state index in [0.29, 0.717) is 38.5 Å². The number of amides is 1. The molecule has 180 valence electrons. The zero-order valence-corrected chi connectivity index (χ0v) is 19.7. The number of benzene rings is 2. The van der Waals surface area contributed by atoms with Gasteiger partial charge in [0.2, 0.25) is 5.96 Å². The van der Waals surface area contributed by atoms with E-state index in [1.54, 1.807) is 38.4 Å². The van der Waals surface area contributed by atoms with Crippen LogP contribution in [0.2, 0.25) is 5.02 Å². The highest BCUT2D eigenvalue weighted by atomic mass is 35.5. The van der Waals surface area contributed by atoms with E-state index in [-0.39, 0.29) is 24.4 Å². The molecule has 4 rings (SSSR count). The van der Waals surface area contributed by atoms with Crippen LogP contribution >= 0.6 is 11.6 Å². The van der Waals surface area contributed by atoms with Crippen LogP contribution in [0.1, 0.15) is 18.5 Å². The predicted molar refractivity (Wildman–Crippen MR) is 135 cm³/mol. The molecule has 0 spiro atoms. The lowest BCUT2D eigenvalue weighted by atomic mass is 9.95. The summed E-state index contributed by atoms with van der Waals surface area (Å²) >= 11 is 6.47. The van der Waals surface area contributed by atoms with Crippen molar-refractivity contribution in [2.75, 3.05) is 18.9 Å². The first-order chi connectivity index (χ1) is 16.9. The Hall–Kier alpha value is -4.18. The third kappa shape index (κ3) is 5.33. The van der Waals surface area contributed by atoms with Crippen LogP contribution in [0.5, 0.6) is 0 Å². The van der Waals surface area contributed by atoms with Crippen LogP contribution in [0.4, 0.5) is 10.4 Å². The first kappa shape index (κ1) is 24.0. The summed E-state index contributed by atoms with van der Waals surface area (Å²) in [4.78, 5) is 26.1. The maximum Gasteiger partial charge on any atom is 0.302 e. The Labute approximate surface area is 205 Å². The average molecular weight is 496 g/mol. The molecule has 1 aliphatic heterocycles. The molecule has 5 N–H and O–H groups in total. The molecule has 0 saturated carbocycles. The fourth-order valence-electron chi connectivity index (χ4n) is 3.60. The van der Waals surface area contributed by atoms with E-state index in [9.17, 15) is 9.18 Å². The Morgan fingerprint density at radius 1 is 1.34 bits per heavy atom. The maximum atomic E-state index is 13.5. The van der Waals surface area contributed by atoms with E-state index in [4.69, 9.17) is 21.8 Å². The number of hydrogen-bond donors (Lipinski definition) is 4. The molecular formula is C24H23ClFN7O2. The molecule has 0 saturated heterocycles. The zero-order chi connectivity index (χ0) is 24.9. The van der Waals surface area contributed by atoms with Gasteiger partial charge in [-0.1, -0.05) is 29.8 Å². The van der Waals surface area contributed by atoms with Crippen molar-refractivity contribution in [2.45, 2.75) is 13.0 Å². The van der Waals surface area contributed by atoms with Crippen molar-refractivity contribution < 1.29 is 13.6 Å². The summed E-state index contributed by atoms with van der Waals surface area (Å²) in [5.74, 6) is -0.486. The zero-order valence-electron chi connectivity index (χ0n) is 19.0. The lowest BCUT2D eigenvalue weighted by Crippen LogP contribution is -2.39. The van der Waals surface area contributed by atoms with Crippen molar-refractivity contribution in [1.29, 1.82) is 0 Å². The van der Waals surface area contributed by atoms with Gasteiger partial charge in [0, 0.05) is 53.9 Å². The summed E-state index contributed by atoms with van der Waals surface area (Å²) in [5.41, 5.74) is 8.60. The number of fused-ring (bicyclic) bond motifs is 1. The van der Waals surface area contributed by atoms with Crippen molar-refractivity contribution in [3.8, 4) is 0 Å². The number of nitrogens with zero attached hydrogens (tertiary/aromatic N) is 3. The standard InChI is InChI=1S/C24H23ClFN7O2/c1-13-20(22(34)29-12-14(10-27)11-28-2)21(16-5-3-4-6-17(16)25)32-23(30-13)33-24-31-18-8-7-15(26)9-19(18)35-24/h3-11,21H,12,27H2,1-2H3,(H,29,34)(H2,30,31,32,33)/b14-10+,28-11?. The molecule has 2 aromatic carbocycles. The second-order valence-electron chi connectivity index (χ2n) is 7.63. The van der Waals surface area contributed by atoms with Crippen LogP contribution in [0.25, 0.3) is 11.1 Å². The van der Waals surface area contributed by atoms with Crippen molar-refractivity contribution in [2.24, 2.45) is 15.7 Å². The van der Waals surface area contributed by atoms with E-state index in [1.165, 1.54) is 24.4 Å². The number of aromatic nitrogens is 1. The van der Waals surface area contributed by atoms with E-state index >= 15 is 0 Å². The first-order valence-corrected chi connectivity index (χ1v) is 11.0. The fourth-order valence-corrected chi connectivity index (χ4v) is 3.84. The third-order valence-electron chi connectivity index (χ3n) is 5.22. The number of nitrogens with one attached hydrogen (secondary N) is 3. The van der Waals surface area contributed by atoms with Gasteiger partial charge in [-0.3, -0.25) is 15.1 Å². The molecule has 3 aromatic rings. The second kappa shape index (κ2) is 10.4. The summed E-state index contributed by atoms with van der Waals surface area (Å²) in [5, 5.41) is 9.34. The highest BCUT2D eigenvalue weighted by Crippen LogP contribution is 2.35. The number of carbonyl (C=O) groups is 1. The highest BCUT2D eigenvalue weighted by Gasteiger charge is 2.31. The molecule has 0 bridgehead atoms. The van der Waals surface area contributed by atoms with Crippen molar-refractivity contribution in [3.05, 3.63) is 81.9 Å². The first-order valence-electron chi connectivity index (χ1n) is 10.6. The minimum Gasteiger partial charge on any atom is -0.423 e. The molecule has 2 heterocycles. The maximum absolute atomic E-state index is 13.5. The minimum atomic E-state index is -0.723. The monoisotopic (exact) mass is 495 g/mol. The Bertz CT molecular complexity index is 1390. The number of guanidine groups is 1. The van der Waals surface area contributed by atoms with Crippen molar-refractivity contribution >= 4 is 46.8 Å². The summed E-state index contributed by atoms with van der Waals surface area (Å²) in [6.07, 6.45) is 2.95. The summed E-state index contributed by atoms with van der Waals surface area (Å²) < 4.78 is 19.1. The molecule has 1 unspecified atom stereocenters. The van der Waals surface area contributed by atoms with Crippen LogP contribution in [0.15, 0.2) is 79.9 Å². The number of halogens is 2. The van der Waals surface area contributed by atoms with Gasteiger partial charge in [0.15, 0.2) is 5.58 Å². The van der Waals surface area contributed by atoms with Gasteiger partial charge < -0.3 is 20.8 Å². The number of nitrogens with two attached hydrogens (primary N) is 1. The highest BCUT2D eigenvalue weighted by molar-refractivity contribution is 6.31. The molecule has 0 aliphatic carbocycles. The predicted octanol–water partition coefficient (Wildman–Crippen LogP) is 3.67.